The molecule has 1 unspecified atom stereocenters. The average Bonchev–Trinajstić information content (AvgIpc) is 2.81. The van der Waals surface area contributed by atoms with Gasteiger partial charge in [-0.05, 0) is 81.5 Å². The Labute approximate surface area is 227 Å². The summed E-state index contributed by atoms with van der Waals surface area (Å²) < 4.78 is 44.3. The minimum absolute atomic E-state index is 0.0961. The molecule has 0 saturated carbocycles. The molecule has 4 bridgehead atoms. The van der Waals surface area contributed by atoms with E-state index < -0.39 is 28.2 Å². The topological polar surface area (TPSA) is 85.7 Å². The van der Waals surface area contributed by atoms with Gasteiger partial charge in [0.2, 0.25) is 5.95 Å². The molecule has 11 heteroatoms. The molecule has 202 valence electrons. The first kappa shape index (κ1) is 28.0. The molecule has 0 saturated heterocycles. The SMILES string of the molecule is C/S(Cc1cc2cc(c1)OCCCCSc1cc(F)ccc1-c1nc(ncc1F)N2)=N/C(=O)OC(C)(C)C. The molecule has 1 aliphatic heterocycles. The fourth-order valence-electron chi connectivity index (χ4n) is 3.71. The van der Waals surface area contributed by atoms with Crippen LogP contribution >= 0.6 is 11.8 Å². The molecule has 38 heavy (non-hydrogen) atoms. The first-order chi connectivity index (χ1) is 18.1. The molecule has 0 fully saturated rings. The summed E-state index contributed by atoms with van der Waals surface area (Å²) >= 11 is 1.46. The third kappa shape index (κ3) is 7.97. The molecule has 0 radical (unpaired) electrons. The Hall–Kier alpha value is -3.05. The average molecular weight is 561 g/mol. The summed E-state index contributed by atoms with van der Waals surface area (Å²) in [5.41, 5.74) is 1.54. The zero-order chi connectivity index (χ0) is 27.3. The number of carbonyl (C=O) groups is 1. The number of nitrogens with one attached hydrogen (secondary N) is 1. The van der Waals surface area contributed by atoms with Crippen molar-refractivity contribution in [3.05, 3.63) is 59.8 Å². The molecule has 2 heterocycles. The van der Waals surface area contributed by atoms with Crippen molar-refractivity contribution in [1.29, 1.82) is 0 Å². The van der Waals surface area contributed by atoms with Crippen molar-refractivity contribution < 1.29 is 23.0 Å². The third-order valence-corrected chi connectivity index (χ3v) is 7.58. The zero-order valence-corrected chi connectivity index (χ0v) is 23.3. The summed E-state index contributed by atoms with van der Waals surface area (Å²) in [6.45, 7) is 5.89. The van der Waals surface area contributed by atoms with Crippen molar-refractivity contribution in [2.45, 2.75) is 49.9 Å². The van der Waals surface area contributed by atoms with Crippen LogP contribution in [0.1, 0.15) is 39.2 Å². The van der Waals surface area contributed by atoms with Crippen LogP contribution in [0.2, 0.25) is 0 Å². The number of hydrogen-bond donors (Lipinski definition) is 1. The van der Waals surface area contributed by atoms with Crippen molar-refractivity contribution in [2.24, 2.45) is 4.36 Å². The van der Waals surface area contributed by atoms with Crippen LogP contribution in [-0.2, 0) is 21.2 Å². The summed E-state index contributed by atoms with van der Waals surface area (Å²) in [5, 5.41) is 3.14. The van der Waals surface area contributed by atoms with E-state index in [-0.39, 0.29) is 17.5 Å². The van der Waals surface area contributed by atoms with Crippen molar-refractivity contribution in [2.75, 3.05) is 23.9 Å². The van der Waals surface area contributed by atoms with E-state index in [2.05, 4.69) is 19.6 Å². The van der Waals surface area contributed by atoms with E-state index in [0.29, 0.717) is 40.0 Å². The fraction of sp³-hybridized carbons (Fsp3) is 0.370. The number of anilines is 2. The number of fused-ring (bicyclic) bond motifs is 6. The van der Waals surface area contributed by atoms with Crippen LogP contribution < -0.4 is 10.1 Å². The van der Waals surface area contributed by atoms with E-state index in [9.17, 15) is 13.6 Å². The van der Waals surface area contributed by atoms with Gasteiger partial charge in [-0.2, -0.15) is 4.36 Å². The second-order valence-corrected chi connectivity index (χ2v) is 12.6. The highest BCUT2D eigenvalue weighted by Gasteiger charge is 2.17. The molecule has 3 aromatic rings. The van der Waals surface area contributed by atoms with Gasteiger partial charge in [-0.3, -0.25) is 0 Å². The first-order valence-electron chi connectivity index (χ1n) is 12.1. The molecule has 0 spiro atoms. The molecule has 4 rings (SSSR count). The van der Waals surface area contributed by atoms with Crippen molar-refractivity contribution >= 4 is 40.2 Å². The lowest BCUT2D eigenvalue weighted by atomic mass is 10.1. The molecule has 2 aromatic carbocycles. The number of hydrogen-bond acceptors (Lipinski definition) is 7. The predicted octanol–water partition coefficient (Wildman–Crippen LogP) is 7.30. The van der Waals surface area contributed by atoms with Crippen molar-refractivity contribution in [1.82, 2.24) is 9.97 Å². The second kappa shape index (κ2) is 12.2. The molecule has 1 aromatic heterocycles. The lowest BCUT2D eigenvalue weighted by Gasteiger charge is -2.17. The van der Waals surface area contributed by atoms with E-state index in [1.165, 1.54) is 23.9 Å². The number of benzene rings is 2. The number of carbonyl (C=O) groups excluding carboxylic acids is 1. The van der Waals surface area contributed by atoms with Gasteiger partial charge in [0.25, 0.3) is 0 Å². The molecular formula is C27H30F2N4O3S2. The number of halogens is 2. The number of rotatable bonds is 2. The molecule has 1 amide bonds. The van der Waals surface area contributed by atoms with Crippen LogP contribution in [0.4, 0.5) is 25.2 Å². The minimum Gasteiger partial charge on any atom is -0.494 e. The van der Waals surface area contributed by atoms with E-state index in [0.717, 1.165) is 24.6 Å². The van der Waals surface area contributed by atoms with E-state index in [4.69, 9.17) is 9.47 Å². The largest absolute Gasteiger partial charge is 0.494 e. The lowest BCUT2D eigenvalue weighted by Crippen LogP contribution is -2.22. The van der Waals surface area contributed by atoms with Gasteiger partial charge in [-0.1, -0.05) is 10.7 Å². The van der Waals surface area contributed by atoms with Gasteiger partial charge in [0.15, 0.2) is 5.82 Å². The molecule has 1 atom stereocenters. The van der Waals surface area contributed by atoms with Gasteiger partial charge >= 0.3 is 6.09 Å². The molecule has 1 N–H and O–H groups in total. The van der Waals surface area contributed by atoms with Gasteiger partial charge < -0.3 is 14.8 Å². The maximum atomic E-state index is 14.8. The number of ether oxygens (including phenoxy) is 2. The molecule has 7 nitrogen and oxygen atoms in total. The standard InChI is InChI=1S/C27H30F2N4O3S2/c1-27(2,3)36-26(34)33-38(4)16-17-11-19-14-20(12-17)35-9-5-6-10-37-23-13-18(28)7-8-21(23)24-22(29)15-30-25(31-19)32-24/h7-8,11-15H,5-6,9-10,16H2,1-4H3,(H,30,31,32). The normalized spacial score (nSPS) is 14.8. The predicted molar refractivity (Wildman–Crippen MR) is 148 cm³/mol. The Kier molecular flexibility index (Phi) is 8.99. The summed E-state index contributed by atoms with van der Waals surface area (Å²) in [6.07, 6.45) is 4.00. The maximum absolute atomic E-state index is 14.8. The zero-order valence-electron chi connectivity index (χ0n) is 21.7. The van der Waals surface area contributed by atoms with Gasteiger partial charge in [-0.25, -0.2) is 23.5 Å². The molecule has 1 aliphatic rings. The monoisotopic (exact) mass is 560 g/mol. The van der Waals surface area contributed by atoms with Crippen LogP contribution in [0.5, 0.6) is 5.75 Å². The van der Waals surface area contributed by atoms with Crippen LogP contribution in [0.3, 0.4) is 0 Å². The van der Waals surface area contributed by atoms with Crippen LogP contribution in [0.15, 0.2) is 51.9 Å². The molecular weight excluding hydrogens is 530 g/mol. The quantitative estimate of drug-likeness (QED) is 0.352. The highest BCUT2D eigenvalue weighted by molar-refractivity contribution is 7.99. The van der Waals surface area contributed by atoms with Gasteiger partial charge in [0, 0.05) is 28.0 Å². The van der Waals surface area contributed by atoms with Gasteiger partial charge in [0.05, 0.1) is 12.8 Å². The highest BCUT2D eigenvalue weighted by Crippen LogP contribution is 2.34. The Morgan fingerprint density at radius 1 is 1.21 bits per heavy atom. The minimum atomic E-state index is -0.631. The van der Waals surface area contributed by atoms with Gasteiger partial charge in [-0.15, -0.1) is 11.8 Å². The van der Waals surface area contributed by atoms with Gasteiger partial charge in [0.1, 0.15) is 22.9 Å². The van der Waals surface area contributed by atoms with Crippen molar-refractivity contribution in [3.8, 4) is 17.0 Å². The van der Waals surface area contributed by atoms with E-state index >= 15 is 0 Å². The number of thioether (sulfide) groups is 1. The summed E-state index contributed by atoms with van der Waals surface area (Å²) in [7, 11) is -0.631. The lowest BCUT2D eigenvalue weighted by molar-refractivity contribution is 0.0608. The first-order valence-corrected chi connectivity index (χ1v) is 14.9. The number of aromatic nitrogens is 2. The Morgan fingerprint density at radius 3 is 2.82 bits per heavy atom. The maximum Gasteiger partial charge on any atom is 0.440 e. The summed E-state index contributed by atoms with van der Waals surface area (Å²) in [5.74, 6) is 1.07. The summed E-state index contributed by atoms with van der Waals surface area (Å²) in [4.78, 5) is 21.3. The smallest absolute Gasteiger partial charge is 0.440 e. The van der Waals surface area contributed by atoms with Crippen LogP contribution in [0, 0.1) is 11.6 Å². The Morgan fingerprint density at radius 2 is 2.03 bits per heavy atom. The Bertz CT molecular complexity index is 1360. The summed E-state index contributed by atoms with van der Waals surface area (Å²) in [6, 6.07) is 9.89. The highest BCUT2D eigenvalue weighted by atomic mass is 32.2. The third-order valence-electron chi connectivity index (χ3n) is 5.23. The van der Waals surface area contributed by atoms with Crippen molar-refractivity contribution in [3.63, 3.8) is 0 Å². The second-order valence-electron chi connectivity index (χ2n) is 9.74. The Balaban J connectivity index is 1.67. The van der Waals surface area contributed by atoms with Crippen LogP contribution in [-0.4, -0.2) is 40.3 Å². The van der Waals surface area contributed by atoms with E-state index in [1.54, 1.807) is 26.8 Å². The number of amides is 1. The molecule has 0 aliphatic carbocycles. The fourth-order valence-corrected chi connectivity index (χ4v) is 5.80. The van der Waals surface area contributed by atoms with Crippen LogP contribution in [0.25, 0.3) is 11.3 Å². The van der Waals surface area contributed by atoms with E-state index in [1.807, 2.05) is 24.5 Å². The number of nitrogens with zero attached hydrogens (tertiary/aromatic N) is 3.